The van der Waals surface area contributed by atoms with E-state index in [0.717, 1.165) is 25.3 Å². The van der Waals surface area contributed by atoms with Crippen molar-refractivity contribution in [3.8, 4) is 0 Å². The lowest BCUT2D eigenvalue weighted by Gasteiger charge is -2.22. The first-order valence-corrected chi connectivity index (χ1v) is 6.14. The van der Waals surface area contributed by atoms with Crippen LogP contribution in [0.2, 0.25) is 0 Å². The molecule has 0 aromatic heterocycles. The van der Waals surface area contributed by atoms with Crippen molar-refractivity contribution in [2.75, 3.05) is 12.8 Å². The molecular formula is C11H10F7NOS. The summed E-state index contributed by atoms with van der Waals surface area (Å²) in [7, 11) is 0.986. The summed E-state index contributed by atoms with van der Waals surface area (Å²) in [5.74, 6) is 0. The zero-order valence-electron chi connectivity index (χ0n) is 10.4. The van der Waals surface area contributed by atoms with Crippen molar-refractivity contribution in [3.63, 3.8) is 0 Å². The number of ether oxygens (including phenoxy) is 1. The number of thioether (sulfide) groups is 1. The van der Waals surface area contributed by atoms with Crippen LogP contribution in [0.15, 0.2) is 23.1 Å². The van der Waals surface area contributed by atoms with Crippen molar-refractivity contribution in [2.24, 2.45) is 0 Å². The molecule has 21 heavy (non-hydrogen) atoms. The molecular weight excluding hydrogens is 327 g/mol. The average Bonchev–Trinajstić information content (AvgIpc) is 2.37. The lowest BCUT2D eigenvalue weighted by atomic mass is 10.2. The molecule has 0 bridgehead atoms. The Kier molecular flexibility index (Phi) is 5.37. The van der Waals surface area contributed by atoms with Crippen molar-refractivity contribution in [1.29, 1.82) is 0 Å². The maximum Gasteiger partial charge on any atom is 0.426 e. The third-order valence-electron chi connectivity index (χ3n) is 2.35. The molecule has 1 aromatic carbocycles. The number of methoxy groups -OCH3 is 1. The number of benzene rings is 1. The number of nitrogens with two attached hydrogens (primary N) is 1. The maximum atomic E-state index is 13.3. The second-order valence-corrected chi connectivity index (χ2v) is 5.13. The van der Waals surface area contributed by atoms with Gasteiger partial charge in [0.1, 0.15) is 0 Å². The number of alkyl halides is 7. The molecule has 0 heterocycles. The Labute approximate surface area is 119 Å². The highest BCUT2D eigenvalue weighted by atomic mass is 32.2. The van der Waals surface area contributed by atoms with Crippen molar-refractivity contribution < 1.29 is 35.5 Å². The van der Waals surface area contributed by atoms with E-state index in [0.29, 0.717) is 0 Å². The largest absolute Gasteiger partial charge is 0.426 e. The highest BCUT2D eigenvalue weighted by molar-refractivity contribution is 8.00. The van der Waals surface area contributed by atoms with Crippen LogP contribution in [-0.2, 0) is 4.74 Å². The molecule has 0 radical (unpaired) electrons. The predicted octanol–water partition coefficient (Wildman–Crippen LogP) is 4.47. The average molecular weight is 337 g/mol. The molecule has 0 aliphatic carbocycles. The summed E-state index contributed by atoms with van der Waals surface area (Å²) in [5.41, 5.74) is 4.92. The predicted molar refractivity (Wildman–Crippen MR) is 63.5 cm³/mol. The van der Waals surface area contributed by atoms with Crippen molar-refractivity contribution in [2.45, 2.75) is 28.9 Å². The Morgan fingerprint density at radius 3 is 2.19 bits per heavy atom. The second-order valence-electron chi connectivity index (χ2n) is 3.91. The zero-order valence-corrected chi connectivity index (χ0v) is 11.2. The second kappa shape index (κ2) is 6.30. The molecule has 0 spiro atoms. The van der Waals surface area contributed by atoms with Gasteiger partial charge in [-0.1, -0.05) is 0 Å². The van der Waals surface area contributed by atoms with Crippen LogP contribution in [0.3, 0.4) is 0 Å². The molecule has 0 saturated carbocycles. The zero-order chi connectivity index (χ0) is 16.4. The van der Waals surface area contributed by atoms with E-state index in [4.69, 9.17) is 5.73 Å². The Morgan fingerprint density at radius 2 is 1.71 bits per heavy atom. The summed E-state index contributed by atoms with van der Waals surface area (Å²) in [6, 6.07) is 2.73. The van der Waals surface area contributed by atoms with E-state index in [9.17, 15) is 30.7 Å². The Balaban J connectivity index is 3.03. The van der Waals surface area contributed by atoms with Gasteiger partial charge < -0.3 is 10.5 Å². The monoisotopic (exact) mass is 337 g/mol. The first kappa shape index (κ1) is 17.9. The summed E-state index contributed by atoms with van der Waals surface area (Å²) >= 11 is -0.674. The van der Waals surface area contributed by atoms with E-state index >= 15 is 0 Å². The molecule has 2 atom stereocenters. The van der Waals surface area contributed by atoms with Crippen molar-refractivity contribution in [3.05, 3.63) is 23.8 Å². The van der Waals surface area contributed by atoms with E-state index in [2.05, 4.69) is 4.74 Å². The van der Waals surface area contributed by atoms with Crippen LogP contribution in [0, 0.1) is 0 Å². The fraction of sp³-hybridized carbons (Fsp3) is 0.455. The number of nitrogen functional groups attached to an aromatic ring is 1. The number of hydrogen-bond donors (Lipinski definition) is 1. The Bertz CT molecular complexity index is 494. The van der Waals surface area contributed by atoms with Crippen molar-refractivity contribution in [1.82, 2.24) is 0 Å². The van der Waals surface area contributed by atoms with E-state index in [1.54, 1.807) is 0 Å². The molecule has 0 fully saturated rings. The fourth-order valence-electron chi connectivity index (χ4n) is 1.34. The molecule has 120 valence electrons. The quantitative estimate of drug-likeness (QED) is 0.489. The highest BCUT2D eigenvalue weighted by Gasteiger charge is 2.57. The van der Waals surface area contributed by atoms with Crippen LogP contribution in [0.5, 0.6) is 0 Å². The fourth-order valence-corrected chi connectivity index (χ4v) is 2.21. The number of halogens is 7. The topological polar surface area (TPSA) is 35.2 Å². The third-order valence-corrected chi connectivity index (χ3v) is 3.31. The first-order chi connectivity index (χ1) is 9.49. The van der Waals surface area contributed by atoms with E-state index in [1.807, 2.05) is 0 Å². The third kappa shape index (κ3) is 4.40. The Morgan fingerprint density at radius 1 is 1.14 bits per heavy atom. The van der Waals surface area contributed by atoms with Gasteiger partial charge in [0, 0.05) is 23.3 Å². The molecule has 2 nitrogen and oxygen atoms in total. The van der Waals surface area contributed by atoms with Gasteiger partial charge in [0.15, 0.2) is 0 Å². The molecule has 2 unspecified atom stereocenters. The number of anilines is 1. The van der Waals surface area contributed by atoms with Gasteiger partial charge in [0.2, 0.25) is 6.36 Å². The van der Waals surface area contributed by atoms with Crippen LogP contribution in [0.25, 0.3) is 0 Å². The summed E-state index contributed by atoms with van der Waals surface area (Å²) in [4.78, 5) is -0.476. The van der Waals surface area contributed by atoms with E-state index < -0.39 is 40.6 Å². The molecule has 2 N–H and O–H groups in total. The Hall–Kier alpha value is -1.16. The smallest absolute Gasteiger partial charge is 0.398 e. The normalized spacial score (nSPS) is 15.8. The minimum Gasteiger partial charge on any atom is -0.398 e. The summed E-state index contributed by atoms with van der Waals surface area (Å²) in [6.45, 7) is 0. The van der Waals surface area contributed by atoms with Crippen LogP contribution < -0.4 is 5.73 Å². The minimum absolute atomic E-state index is 0.135. The molecule has 1 aromatic rings. The van der Waals surface area contributed by atoms with E-state index in [-0.39, 0.29) is 11.3 Å². The number of hydrogen-bond acceptors (Lipinski definition) is 3. The lowest BCUT2D eigenvalue weighted by molar-refractivity contribution is -0.219. The molecule has 10 heteroatoms. The van der Waals surface area contributed by atoms with Gasteiger partial charge in [-0.05, 0) is 30.0 Å². The van der Waals surface area contributed by atoms with Gasteiger partial charge in [-0.2, -0.15) is 22.0 Å². The molecule has 0 aliphatic heterocycles. The van der Waals surface area contributed by atoms with Gasteiger partial charge >= 0.3 is 11.4 Å². The van der Waals surface area contributed by atoms with Crippen molar-refractivity contribution >= 4 is 17.4 Å². The highest BCUT2D eigenvalue weighted by Crippen LogP contribution is 2.46. The van der Waals surface area contributed by atoms with Crippen LogP contribution in [0.1, 0.15) is 11.9 Å². The van der Waals surface area contributed by atoms with Gasteiger partial charge in [-0.15, -0.1) is 0 Å². The summed E-state index contributed by atoms with van der Waals surface area (Å²) in [5, 5.41) is -4.76. The molecule has 0 saturated heterocycles. The SMILES string of the molecule is COC(F)c1cc(SC(F)(F)C(F)C(F)(F)F)ccc1N. The standard InChI is InChI=1S/C11H10F7NOS/c1-20-8(12)6-4-5(2-3-7(6)19)21-11(17,18)9(13)10(14,15)16/h2-4,8-9H,19H2,1H3. The minimum atomic E-state index is -5.71. The molecule has 0 amide bonds. The number of rotatable bonds is 5. The van der Waals surface area contributed by atoms with Crippen LogP contribution in [0.4, 0.5) is 36.4 Å². The summed E-state index contributed by atoms with van der Waals surface area (Å²) in [6.07, 6.45) is -12.1. The van der Waals surface area contributed by atoms with Gasteiger partial charge in [-0.3, -0.25) is 0 Å². The van der Waals surface area contributed by atoms with E-state index in [1.165, 1.54) is 0 Å². The van der Waals surface area contributed by atoms with Gasteiger partial charge in [-0.25, -0.2) is 8.78 Å². The van der Waals surface area contributed by atoms with Crippen LogP contribution >= 0.6 is 11.8 Å². The van der Waals surface area contributed by atoms with Crippen LogP contribution in [-0.4, -0.2) is 24.7 Å². The first-order valence-electron chi connectivity index (χ1n) is 5.33. The molecule has 0 aliphatic rings. The van der Waals surface area contributed by atoms with Gasteiger partial charge in [0.05, 0.1) is 0 Å². The summed E-state index contributed by atoms with van der Waals surface area (Å²) < 4.78 is 92.9. The molecule has 1 rings (SSSR count). The van der Waals surface area contributed by atoms with Gasteiger partial charge in [0.25, 0.3) is 6.17 Å². The maximum absolute atomic E-state index is 13.3. The lowest BCUT2D eigenvalue weighted by Crippen LogP contribution is -2.39.